The summed E-state index contributed by atoms with van der Waals surface area (Å²) in [5.41, 5.74) is 0. The van der Waals surface area contributed by atoms with E-state index >= 15 is 0 Å². The third kappa shape index (κ3) is 2.55. The van der Waals surface area contributed by atoms with Crippen molar-refractivity contribution in [2.45, 2.75) is 39.3 Å². The van der Waals surface area contributed by atoms with Crippen molar-refractivity contribution in [2.24, 2.45) is 0 Å². The van der Waals surface area contributed by atoms with Crippen LogP contribution in [0.2, 0.25) is 0 Å². The van der Waals surface area contributed by atoms with Gasteiger partial charge in [0.05, 0.1) is 6.04 Å². The van der Waals surface area contributed by atoms with E-state index in [1.807, 2.05) is 13.8 Å². The van der Waals surface area contributed by atoms with E-state index in [4.69, 9.17) is 0 Å². The molecule has 1 fully saturated rings. The molecule has 1 rings (SSSR count). The van der Waals surface area contributed by atoms with E-state index in [0.717, 1.165) is 19.6 Å². The molecule has 0 spiro atoms. The summed E-state index contributed by atoms with van der Waals surface area (Å²) in [6.45, 7) is 9.30. The van der Waals surface area contributed by atoms with E-state index in [1.165, 1.54) is 0 Å². The highest BCUT2D eigenvalue weighted by molar-refractivity contribution is 5.83. The molecule has 2 atom stereocenters. The highest BCUT2D eigenvalue weighted by Gasteiger charge is 2.26. The molecule has 0 aromatic heterocycles. The van der Waals surface area contributed by atoms with Crippen LogP contribution in [-0.4, -0.2) is 54.3 Å². The van der Waals surface area contributed by atoms with Gasteiger partial charge in [-0.25, -0.2) is 0 Å². The number of carbonyl (C=O) groups excluding carboxylic acids is 1. The summed E-state index contributed by atoms with van der Waals surface area (Å²) in [7, 11) is 2.15. The van der Waals surface area contributed by atoms with Crippen molar-refractivity contribution >= 4 is 5.78 Å². The van der Waals surface area contributed by atoms with Crippen molar-refractivity contribution in [3.8, 4) is 0 Å². The van der Waals surface area contributed by atoms with Crippen LogP contribution in [0.3, 0.4) is 0 Å². The summed E-state index contributed by atoms with van der Waals surface area (Å²) < 4.78 is 0. The zero-order valence-electron chi connectivity index (χ0n) is 9.79. The Balaban J connectivity index is 2.50. The summed E-state index contributed by atoms with van der Waals surface area (Å²) in [5.74, 6) is 0.363. The first-order chi connectivity index (χ1) is 6.56. The smallest absolute Gasteiger partial charge is 0.149 e. The summed E-state index contributed by atoms with van der Waals surface area (Å²) in [6.07, 6.45) is 0.655. The number of ketones is 1. The van der Waals surface area contributed by atoms with E-state index in [0.29, 0.717) is 18.2 Å². The van der Waals surface area contributed by atoms with Crippen LogP contribution < -0.4 is 0 Å². The summed E-state index contributed by atoms with van der Waals surface area (Å²) in [5, 5.41) is 0. The lowest BCUT2D eigenvalue weighted by Gasteiger charge is -2.40. The molecule has 1 aliphatic rings. The lowest BCUT2D eigenvalue weighted by Crippen LogP contribution is -2.54. The SMILES string of the molecule is CCC(=O)C(C)N1CCN(C)C(C)C1. The molecule has 2 unspecified atom stereocenters. The molecule has 1 aliphatic heterocycles. The normalized spacial score (nSPS) is 27.6. The molecule has 0 aromatic rings. The predicted octanol–water partition coefficient (Wildman–Crippen LogP) is 0.990. The first-order valence-electron chi connectivity index (χ1n) is 5.53. The summed E-state index contributed by atoms with van der Waals surface area (Å²) >= 11 is 0. The largest absolute Gasteiger partial charge is 0.301 e. The monoisotopic (exact) mass is 198 g/mol. The molecule has 0 N–H and O–H groups in total. The highest BCUT2D eigenvalue weighted by atomic mass is 16.1. The number of hydrogen-bond acceptors (Lipinski definition) is 3. The zero-order chi connectivity index (χ0) is 10.7. The van der Waals surface area contributed by atoms with Gasteiger partial charge in [-0.15, -0.1) is 0 Å². The molecule has 0 aromatic carbocycles. The second-order valence-corrected chi connectivity index (χ2v) is 4.32. The van der Waals surface area contributed by atoms with Crippen LogP contribution >= 0.6 is 0 Å². The zero-order valence-corrected chi connectivity index (χ0v) is 9.79. The number of hydrogen-bond donors (Lipinski definition) is 0. The van der Waals surface area contributed by atoms with Crippen molar-refractivity contribution < 1.29 is 4.79 Å². The fraction of sp³-hybridized carbons (Fsp3) is 0.909. The van der Waals surface area contributed by atoms with Gasteiger partial charge in [0, 0.05) is 32.1 Å². The fourth-order valence-corrected chi connectivity index (χ4v) is 1.93. The Morgan fingerprint density at radius 2 is 2.14 bits per heavy atom. The first-order valence-corrected chi connectivity index (χ1v) is 5.53. The van der Waals surface area contributed by atoms with E-state index in [-0.39, 0.29) is 6.04 Å². The molecule has 0 bridgehead atoms. The van der Waals surface area contributed by atoms with Crippen molar-refractivity contribution in [2.75, 3.05) is 26.7 Å². The van der Waals surface area contributed by atoms with Crippen LogP contribution in [0.5, 0.6) is 0 Å². The highest BCUT2D eigenvalue weighted by Crippen LogP contribution is 2.11. The minimum atomic E-state index is 0.108. The molecule has 1 saturated heterocycles. The number of carbonyl (C=O) groups is 1. The standard InChI is InChI=1S/C11H22N2O/c1-5-11(14)10(3)13-7-6-12(4)9(2)8-13/h9-10H,5-8H2,1-4H3. The maximum Gasteiger partial charge on any atom is 0.149 e. The second-order valence-electron chi connectivity index (χ2n) is 4.32. The number of piperazine rings is 1. The molecule has 1 heterocycles. The Morgan fingerprint density at radius 1 is 1.50 bits per heavy atom. The minimum absolute atomic E-state index is 0.108. The van der Waals surface area contributed by atoms with E-state index in [2.05, 4.69) is 23.8 Å². The third-order valence-electron chi connectivity index (χ3n) is 3.35. The topological polar surface area (TPSA) is 23.6 Å². The van der Waals surface area contributed by atoms with E-state index in [9.17, 15) is 4.79 Å². The van der Waals surface area contributed by atoms with E-state index in [1.54, 1.807) is 0 Å². The van der Waals surface area contributed by atoms with Gasteiger partial charge in [-0.1, -0.05) is 6.92 Å². The quantitative estimate of drug-likeness (QED) is 0.675. The molecule has 0 saturated carbocycles. The van der Waals surface area contributed by atoms with Gasteiger partial charge in [-0.2, -0.15) is 0 Å². The van der Waals surface area contributed by atoms with Crippen LogP contribution in [0.15, 0.2) is 0 Å². The Hall–Kier alpha value is -0.410. The molecule has 0 radical (unpaired) electrons. The summed E-state index contributed by atoms with van der Waals surface area (Å²) in [6, 6.07) is 0.673. The third-order valence-corrected chi connectivity index (χ3v) is 3.35. The van der Waals surface area contributed by atoms with Gasteiger partial charge in [0.2, 0.25) is 0 Å². The van der Waals surface area contributed by atoms with Crippen LogP contribution in [0.25, 0.3) is 0 Å². The number of rotatable bonds is 3. The lowest BCUT2D eigenvalue weighted by atomic mass is 10.1. The van der Waals surface area contributed by atoms with Gasteiger partial charge in [0.15, 0.2) is 0 Å². The summed E-state index contributed by atoms with van der Waals surface area (Å²) in [4.78, 5) is 16.2. The lowest BCUT2D eigenvalue weighted by molar-refractivity contribution is -0.124. The van der Waals surface area contributed by atoms with Gasteiger partial charge in [0.25, 0.3) is 0 Å². The Labute approximate surface area is 87.1 Å². The molecule has 0 aliphatic carbocycles. The molecular formula is C11H22N2O. The van der Waals surface area contributed by atoms with Crippen LogP contribution in [0, 0.1) is 0 Å². The van der Waals surface area contributed by atoms with Crippen molar-refractivity contribution in [3.63, 3.8) is 0 Å². The van der Waals surface area contributed by atoms with Gasteiger partial charge < -0.3 is 4.90 Å². The average molecular weight is 198 g/mol. The number of Topliss-reactive ketones (excluding diaryl/α,β-unsaturated/α-hetero) is 1. The van der Waals surface area contributed by atoms with Crippen molar-refractivity contribution in [1.82, 2.24) is 9.80 Å². The van der Waals surface area contributed by atoms with Gasteiger partial charge >= 0.3 is 0 Å². The maximum atomic E-state index is 11.5. The predicted molar refractivity (Wildman–Crippen MR) is 58.4 cm³/mol. The van der Waals surface area contributed by atoms with Crippen LogP contribution in [-0.2, 0) is 4.79 Å². The molecule has 3 heteroatoms. The number of likely N-dealkylation sites (N-methyl/N-ethyl adjacent to an activating group) is 1. The van der Waals surface area contributed by atoms with Crippen molar-refractivity contribution in [1.29, 1.82) is 0 Å². The molecule has 82 valence electrons. The van der Waals surface area contributed by atoms with Crippen molar-refractivity contribution in [3.05, 3.63) is 0 Å². The molecule has 3 nitrogen and oxygen atoms in total. The van der Waals surface area contributed by atoms with Crippen LogP contribution in [0.1, 0.15) is 27.2 Å². The Bertz CT molecular complexity index is 205. The van der Waals surface area contributed by atoms with Gasteiger partial charge in [-0.05, 0) is 20.9 Å². The second kappa shape index (κ2) is 4.89. The Kier molecular flexibility index (Phi) is 4.08. The molecule has 14 heavy (non-hydrogen) atoms. The minimum Gasteiger partial charge on any atom is -0.301 e. The molecular weight excluding hydrogens is 176 g/mol. The Morgan fingerprint density at radius 3 is 2.64 bits per heavy atom. The van der Waals surface area contributed by atoms with Crippen LogP contribution in [0.4, 0.5) is 0 Å². The van der Waals surface area contributed by atoms with E-state index < -0.39 is 0 Å². The fourth-order valence-electron chi connectivity index (χ4n) is 1.93. The first kappa shape index (κ1) is 11.7. The molecule has 0 amide bonds. The number of nitrogens with zero attached hydrogens (tertiary/aromatic N) is 2. The average Bonchev–Trinajstić information content (AvgIpc) is 2.20. The maximum absolute atomic E-state index is 11.5. The van der Waals surface area contributed by atoms with Gasteiger partial charge in [-0.3, -0.25) is 9.69 Å². The van der Waals surface area contributed by atoms with Gasteiger partial charge in [0.1, 0.15) is 5.78 Å².